The highest BCUT2D eigenvalue weighted by molar-refractivity contribution is 7.92. The molecule has 0 atom stereocenters. The molecule has 6 heteroatoms. The molecule has 21 heavy (non-hydrogen) atoms. The molecular weight excluding hydrogens is 291 g/mol. The van der Waals surface area contributed by atoms with Crippen LogP contribution in [0.5, 0.6) is 0 Å². The third-order valence-electron chi connectivity index (χ3n) is 3.27. The lowest BCUT2D eigenvalue weighted by molar-refractivity contribution is 0.593. The van der Waals surface area contributed by atoms with Gasteiger partial charge in [-0.3, -0.25) is 4.31 Å². The van der Waals surface area contributed by atoms with Crippen molar-refractivity contribution in [3.8, 4) is 0 Å². The monoisotopic (exact) mass is 308 g/mol. The average molecular weight is 308 g/mol. The molecule has 0 aliphatic heterocycles. The third kappa shape index (κ3) is 3.59. The van der Waals surface area contributed by atoms with Gasteiger partial charge in [0.25, 0.3) is 0 Å². The van der Waals surface area contributed by atoms with E-state index in [1.54, 1.807) is 24.3 Å². The number of hydrogen-bond acceptors (Lipinski definition) is 3. The summed E-state index contributed by atoms with van der Waals surface area (Å²) < 4.78 is 39.2. The summed E-state index contributed by atoms with van der Waals surface area (Å²) in [6.45, 7) is 0.273. The van der Waals surface area contributed by atoms with Gasteiger partial charge in [-0.05, 0) is 29.3 Å². The predicted molar refractivity (Wildman–Crippen MR) is 81.8 cm³/mol. The minimum Gasteiger partial charge on any atom is -0.326 e. The molecule has 2 aromatic carbocycles. The summed E-state index contributed by atoms with van der Waals surface area (Å²) in [5.74, 6) is -0.648. The highest BCUT2D eigenvalue weighted by Gasteiger charge is 2.20. The van der Waals surface area contributed by atoms with Gasteiger partial charge in [-0.15, -0.1) is 0 Å². The van der Waals surface area contributed by atoms with Gasteiger partial charge < -0.3 is 5.73 Å². The normalized spacial score (nSPS) is 11.4. The van der Waals surface area contributed by atoms with Crippen LogP contribution in [0.2, 0.25) is 0 Å². The Kier molecular flexibility index (Phi) is 4.59. The second kappa shape index (κ2) is 6.24. The van der Waals surface area contributed by atoms with Crippen LogP contribution in [-0.2, 0) is 22.3 Å². The maximum absolute atomic E-state index is 13.2. The van der Waals surface area contributed by atoms with Crippen molar-refractivity contribution in [3.63, 3.8) is 0 Å². The Morgan fingerprint density at radius 1 is 1.10 bits per heavy atom. The largest absolute Gasteiger partial charge is 0.326 e. The standard InChI is InChI=1S/C15H17FN2O2S/c1-18(15-8-4-7-14(16)9-15)21(19,20)11-13-6-3-2-5-12(13)10-17/h2-9H,10-11,17H2,1H3. The van der Waals surface area contributed by atoms with Crippen molar-refractivity contribution in [2.45, 2.75) is 12.3 Å². The van der Waals surface area contributed by atoms with Crippen LogP contribution in [0.3, 0.4) is 0 Å². The molecule has 112 valence electrons. The van der Waals surface area contributed by atoms with E-state index >= 15 is 0 Å². The maximum atomic E-state index is 13.2. The smallest absolute Gasteiger partial charge is 0.239 e. The molecule has 0 fully saturated rings. The second-order valence-corrected chi connectivity index (χ2v) is 6.68. The summed E-state index contributed by atoms with van der Waals surface area (Å²) in [5, 5.41) is 0. The van der Waals surface area contributed by atoms with E-state index in [0.29, 0.717) is 11.3 Å². The number of anilines is 1. The first-order chi connectivity index (χ1) is 9.94. The molecule has 2 rings (SSSR count). The Hall–Kier alpha value is -1.92. The van der Waals surface area contributed by atoms with E-state index in [2.05, 4.69) is 0 Å². The minimum absolute atomic E-state index is 0.173. The Labute approximate surface area is 124 Å². The minimum atomic E-state index is -3.60. The van der Waals surface area contributed by atoms with Crippen LogP contribution in [0.25, 0.3) is 0 Å². The molecule has 0 amide bonds. The zero-order chi connectivity index (χ0) is 15.5. The summed E-state index contributed by atoms with van der Waals surface area (Å²) in [5.41, 5.74) is 7.35. The summed E-state index contributed by atoms with van der Waals surface area (Å²) >= 11 is 0. The van der Waals surface area contributed by atoms with Gasteiger partial charge in [-0.2, -0.15) is 0 Å². The fraction of sp³-hybridized carbons (Fsp3) is 0.200. The maximum Gasteiger partial charge on any atom is 0.239 e. The molecule has 0 bridgehead atoms. The zero-order valence-electron chi connectivity index (χ0n) is 11.7. The van der Waals surface area contributed by atoms with Crippen molar-refractivity contribution < 1.29 is 12.8 Å². The third-order valence-corrected chi connectivity index (χ3v) is 4.99. The Morgan fingerprint density at radius 2 is 1.76 bits per heavy atom. The van der Waals surface area contributed by atoms with Crippen molar-refractivity contribution in [2.24, 2.45) is 5.73 Å². The zero-order valence-corrected chi connectivity index (χ0v) is 12.5. The molecule has 0 radical (unpaired) electrons. The van der Waals surface area contributed by atoms with Crippen LogP contribution in [-0.4, -0.2) is 15.5 Å². The lowest BCUT2D eigenvalue weighted by Crippen LogP contribution is -2.28. The molecule has 4 nitrogen and oxygen atoms in total. The van der Waals surface area contributed by atoms with Crippen molar-refractivity contribution in [2.75, 3.05) is 11.4 Å². The second-order valence-electron chi connectivity index (χ2n) is 4.68. The summed E-state index contributed by atoms with van der Waals surface area (Å²) in [6, 6.07) is 12.6. The van der Waals surface area contributed by atoms with Crippen molar-refractivity contribution in [1.82, 2.24) is 0 Å². The Morgan fingerprint density at radius 3 is 2.38 bits per heavy atom. The van der Waals surface area contributed by atoms with E-state index in [4.69, 9.17) is 5.73 Å². The van der Waals surface area contributed by atoms with Crippen molar-refractivity contribution in [1.29, 1.82) is 0 Å². The van der Waals surface area contributed by atoms with E-state index in [9.17, 15) is 12.8 Å². The van der Waals surface area contributed by atoms with Gasteiger partial charge in [0.2, 0.25) is 10.0 Å². The summed E-state index contributed by atoms with van der Waals surface area (Å²) in [6.07, 6.45) is 0. The highest BCUT2D eigenvalue weighted by Crippen LogP contribution is 2.21. The van der Waals surface area contributed by atoms with Crippen LogP contribution >= 0.6 is 0 Å². The molecule has 0 aliphatic carbocycles. The van der Waals surface area contributed by atoms with Gasteiger partial charge in [-0.1, -0.05) is 30.3 Å². The van der Waals surface area contributed by atoms with Gasteiger partial charge in [0, 0.05) is 13.6 Å². The van der Waals surface area contributed by atoms with Crippen LogP contribution < -0.4 is 10.0 Å². The predicted octanol–water partition coefficient (Wildman–Crippen LogP) is 2.25. The first-order valence-corrected chi connectivity index (χ1v) is 8.04. The van der Waals surface area contributed by atoms with E-state index in [1.165, 1.54) is 25.2 Å². The highest BCUT2D eigenvalue weighted by atomic mass is 32.2. The summed E-state index contributed by atoms with van der Waals surface area (Å²) in [4.78, 5) is 0. The fourth-order valence-corrected chi connectivity index (χ4v) is 3.33. The summed E-state index contributed by atoms with van der Waals surface area (Å²) in [7, 11) is -2.19. The molecule has 2 N–H and O–H groups in total. The molecular formula is C15H17FN2O2S. The Bertz CT molecular complexity index is 732. The number of nitrogens with two attached hydrogens (primary N) is 1. The van der Waals surface area contributed by atoms with E-state index in [0.717, 1.165) is 9.87 Å². The number of halogens is 1. The van der Waals surface area contributed by atoms with Crippen LogP contribution in [0.1, 0.15) is 11.1 Å². The van der Waals surface area contributed by atoms with E-state index in [-0.39, 0.29) is 12.3 Å². The Balaban J connectivity index is 2.30. The molecule has 0 saturated heterocycles. The fourth-order valence-electron chi connectivity index (χ4n) is 2.02. The number of benzene rings is 2. The van der Waals surface area contributed by atoms with Crippen molar-refractivity contribution >= 4 is 15.7 Å². The lowest BCUT2D eigenvalue weighted by Gasteiger charge is -2.20. The van der Waals surface area contributed by atoms with Gasteiger partial charge in [0.15, 0.2) is 0 Å². The van der Waals surface area contributed by atoms with Crippen LogP contribution in [0.4, 0.5) is 10.1 Å². The molecule has 0 aromatic heterocycles. The molecule has 0 aliphatic rings. The van der Waals surface area contributed by atoms with Crippen LogP contribution in [0.15, 0.2) is 48.5 Å². The van der Waals surface area contributed by atoms with Gasteiger partial charge in [-0.25, -0.2) is 12.8 Å². The molecule has 0 spiro atoms. The molecule has 2 aromatic rings. The lowest BCUT2D eigenvalue weighted by atomic mass is 10.1. The van der Waals surface area contributed by atoms with Crippen LogP contribution in [0, 0.1) is 5.82 Å². The average Bonchev–Trinajstić information content (AvgIpc) is 2.46. The molecule has 0 unspecified atom stereocenters. The SMILES string of the molecule is CN(c1cccc(F)c1)S(=O)(=O)Cc1ccccc1CN. The number of nitrogens with zero attached hydrogens (tertiary/aromatic N) is 1. The first kappa shape index (κ1) is 15.5. The van der Waals surface area contributed by atoms with Crippen molar-refractivity contribution in [3.05, 3.63) is 65.5 Å². The van der Waals surface area contributed by atoms with E-state index < -0.39 is 15.8 Å². The first-order valence-electron chi connectivity index (χ1n) is 6.43. The molecule has 0 heterocycles. The number of hydrogen-bond donors (Lipinski definition) is 1. The van der Waals surface area contributed by atoms with E-state index in [1.807, 2.05) is 6.07 Å². The topological polar surface area (TPSA) is 63.4 Å². The molecule has 0 saturated carbocycles. The number of sulfonamides is 1. The number of rotatable bonds is 5. The van der Waals surface area contributed by atoms with Gasteiger partial charge in [0.1, 0.15) is 5.82 Å². The van der Waals surface area contributed by atoms with Gasteiger partial charge >= 0.3 is 0 Å². The van der Waals surface area contributed by atoms with Gasteiger partial charge in [0.05, 0.1) is 11.4 Å². The quantitative estimate of drug-likeness (QED) is 0.921.